The fourth-order valence-corrected chi connectivity index (χ4v) is 3.05. The summed E-state index contributed by atoms with van der Waals surface area (Å²) in [4.78, 5) is 12.2. The Hall–Kier alpha value is -2.25. The van der Waals surface area contributed by atoms with E-state index in [4.69, 9.17) is 0 Å². The first-order valence-corrected chi connectivity index (χ1v) is 8.82. The number of nitrogens with one attached hydrogen (secondary N) is 1. The van der Waals surface area contributed by atoms with Crippen LogP contribution in [-0.2, 0) is 16.4 Å². The number of amides is 1. The molecule has 24 heavy (non-hydrogen) atoms. The number of sulfonamides is 1. The Bertz CT molecular complexity index is 864. The molecule has 0 spiro atoms. The molecule has 2 aromatic carbocycles. The average molecular weight is 350 g/mol. The molecule has 128 valence electrons. The minimum Gasteiger partial charge on any atom is -0.322 e. The van der Waals surface area contributed by atoms with Crippen LogP contribution in [0, 0.1) is 5.82 Å². The maximum atomic E-state index is 14.0. The van der Waals surface area contributed by atoms with Crippen molar-refractivity contribution in [3.8, 4) is 0 Å². The topological polar surface area (TPSA) is 66.5 Å². The highest BCUT2D eigenvalue weighted by Crippen LogP contribution is 2.19. The maximum Gasteiger partial charge on any atom is 0.258 e. The second-order valence-electron chi connectivity index (χ2n) is 5.44. The Kier molecular flexibility index (Phi) is 5.36. The highest BCUT2D eigenvalue weighted by Gasteiger charge is 2.21. The summed E-state index contributed by atoms with van der Waals surface area (Å²) in [6.45, 7) is 1.98. The zero-order chi connectivity index (χ0) is 17.9. The van der Waals surface area contributed by atoms with Crippen LogP contribution >= 0.6 is 0 Å². The fourth-order valence-electron chi connectivity index (χ4n) is 2.12. The summed E-state index contributed by atoms with van der Waals surface area (Å²) in [5.74, 6) is -1.48. The van der Waals surface area contributed by atoms with Crippen molar-refractivity contribution in [2.24, 2.45) is 0 Å². The van der Waals surface area contributed by atoms with E-state index in [-0.39, 0.29) is 10.5 Å². The number of aryl methyl sites for hydroxylation is 1. The van der Waals surface area contributed by atoms with Gasteiger partial charge >= 0.3 is 0 Å². The van der Waals surface area contributed by atoms with Crippen LogP contribution in [0.2, 0.25) is 0 Å². The third kappa shape index (κ3) is 3.80. The minimum absolute atomic E-state index is 0.138. The molecular weight excluding hydrogens is 331 g/mol. The van der Waals surface area contributed by atoms with Crippen molar-refractivity contribution in [2.75, 3.05) is 19.4 Å². The van der Waals surface area contributed by atoms with Crippen molar-refractivity contribution in [2.45, 2.75) is 18.2 Å². The van der Waals surface area contributed by atoms with Gasteiger partial charge < -0.3 is 5.32 Å². The standard InChI is InChI=1S/C17H19FN2O3S/c1-4-12-6-5-7-13(10-12)19-17(21)15-11-14(8-9-16(15)18)24(22,23)20(2)3/h5-11H,4H2,1-3H3,(H,19,21). The predicted octanol–water partition coefficient (Wildman–Crippen LogP) is 2.89. The SMILES string of the molecule is CCc1cccc(NC(=O)c2cc(S(=O)(=O)N(C)C)ccc2F)c1. The van der Waals surface area contributed by atoms with Gasteiger partial charge in [0.1, 0.15) is 5.82 Å². The third-order valence-corrected chi connectivity index (χ3v) is 5.37. The van der Waals surface area contributed by atoms with E-state index in [9.17, 15) is 17.6 Å². The summed E-state index contributed by atoms with van der Waals surface area (Å²) < 4.78 is 39.3. The van der Waals surface area contributed by atoms with Gasteiger partial charge in [0.2, 0.25) is 10.0 Å². The molecule has 2 aromatic rings. The molecule has 7 heteroatoms. The van der Waals surface area contributed by atoms with Crippen molar-refractivity contribution in [1.82, 2.24) is 4.31 Å². The number of benzene rings is 2. The monoisotopic (exact) mass is 350 g/mol. The van der Waals surface area contributed by atoms with Gasteiger partial charge in [0.25, 0.3) is 5.91 Å². The molecular formula is C17H19FN2O3S. The second kappa shape index (κ2) is 7.11. The van der Waals surface area contributed by atoms with Crippen LogP contribution in [0.4, 0.5) is 10.1 Å². The number of hydrogen-bond donors (Lipinski definition) is 1. The van der Waals surface area contributed by atoms with Gasteiger partial charge in [0, 0.05) is 19.8 Å². The molecule has 0 atom stereocenters. The Morgan fingerprint density at radius 1 is 1.17 bits per heavy atom. The van der Waals surface area contributed by atoms with E-state index in [0.717, 1.165) is 34.5 Å². The van der Waals surface area contributed by atoms with Gasteiger partial charge in [-0.2, -0.15) is 0 Å². The van der Waals surface area contributed by atoms with Crippen molar-refractivity contribution < 1.29 is 17.6 Å². The van der Waals surface area contributed by atoms with Crippen LogP contribution in [0.3, 0.4) is 0 Å². The number of anilines is 1. The minimum atomic E-state index is -3.75. The first kappa shape index (κ1) is 18.1. The molecule has 2 rings (SSSR count). The van der Waals surface area contributed by atoms with Crippen molar-refractivity contribution >= 4 is 21.6 Å². The van der Waals surface area contributed by atoms with Crippen LogP contribution in [0.25, 0.3) is 0 Å². The third-order valence-electron chi connectivity index (χ3n) is 3.55. The lowest BCUT2D eigenvalue weighted by Gasteiger charge is -2.13. The zero-order valence-electron chi connectivity index (χ0n) is 13.7. The van der Waals surface area contributed by atoms with Gasteiger partial charge in [-0.3, -0.25) is 4.79 Å². The maximum absolute atomic E-state index is 14.0. The summed E-state index contributed by atoms with van der Waals surface area (Å²) in [5.41, 5.74) is 1.23. The van der Waals surface area contributed by atoms with Gasteiger partial charge in [-0.05, 0) is 42.3 Å². The summed E-state index contributed by atoms with van der Waals surface area (Å²) in [6, 6.07) is 10.3. The van der Waals surface area contributed by atoms with E-state index < -0.39 is 21.7 Å². The molecule has 0 aliphatic rings. The molecule has 0 unspecified atom stereocenters. The number of halogens is 1. The van der Waals surface area contributed by atoms with Crippen molar-refractivity contribution in [3.05, 3.63) is 59.4 Å². The second-order valence-corrected chi connectivity index (χ2v) is 7.59. The Balaban J connectivity index is 2.35. The number of hydrogen-bond acceptors (Lipinski definition) is 3. The highest BCUT2D eigenvalue weighted by molar-refractivity contribution is 7.89. The zero-order valence-corrected chi connectivity index (χ0v) is 14.5. The molecule has 5 nitrogen and oxygen atoms in total. The molecule has 0 heterocycles. The Morgan fingerprint density at radius 3 is 2.50 bits per heavy atom. The van der Waals surface area contributed by atoms with E-state index >= 15 is 0 Å². The Morgan fingerprint density at radius 2 is 1.88 bits per heavy atom. The smallest absolute Gasteiger partial charge is 0.258 e. The number of nitrogens with zero attached hydrogens (tertiary/aromatic N) is 1. The van der Waals surface area contributed by atoms with E-state index in [0.29, 0.717) is 5.69 Å². The first-order chi connectivity index (χ1) is 11.3. The lowest BCUT2D eigenvalue weighted by Crippen LogP contribution is -2.23. The van der Waals surface area contributed by atoms with Gasteiger partial charge in [-0.1, -0.05) is 19.1 Å². The molecule has 0 aliphatic carbocycles. The summed E-state index contributed by atoms with van der Waals surface area (Å²) in [6.07, 6.45) is 0.800. The molecule has 1 amide bonds. The fraction of sp³-hybridized carbons (Fsp3) is 0.235. The largest absolute Gasteiger partial charge is 0.322 e. The van der Waals surface area contributed by atoms with Crippen LogP contribution in [0.5, 0.6) is 0 Å². The van der Waals surface area contributed by atoms with E-state index in [2.05, 4.69) is 5.32 Å². The highest BCUT2D eigenvalue weighted by atomic mass is 32.2. The van der Waals surface area contributed by atoms with Crippen LogP contribution < -0.4 is 5.32 Å². The molecule has 1 N–H and O–H groups in total. The van der Waals surface area contributed by atoms with Gasteiger partial charge in [0.15, 0.2) is 0 Å². The number of carbonyl (C=O) groups is 1. The van der Waals surface area contributed by atoms with E-state index in [1.165, 1.54) is 14.1 Å². The molecule has 0 saturated heterocycles. The van der Waals surface area contributed by atoms with E-state index in [1.807, 2.05) is 13.0 Å². The molecule has 0 saturated carbocycles. The average Bonchev–Trinajstić information content (AvgIpc) is 2.54. The van der Waals surface area contributed by atoms with E-state index in [1.54, 1.807) is 18.2 Å². The van der Waals surface area contributed by atoms with Crippen LogP contribution in [0.15, 0.2) is 47.4 Å². The molecule has 0 bridgehead atoms. The van der Waals surface area contributed by atoms with Gasteiger partial charge in [-0.15, -0.1) is 0 Å². The summed E-state index contributed by atoms with van der Waals surface area (Å²) >= 11 is 0. The molecule has 0 aliphatic heterocycles. The summed E-state index contributed by atoms with van der Waals surface area (Å²) in [7, 11) is -1.01. The summed E-state index contributed by atoms with van der Waals surface area (Å²) in [5, 5.41) is 2.59. The molecule has 0 aromatic heterocycles. The van der Waals surface area contributed by atoms with Crippen LogP contribution in [-0.4, -0.2) is 32.7 Å². The van der Waals surface area contributed by atoms with Crippen molar-refractivity contribution in [3.63, 3.8) is 0 Å². The molecule has 0 fully saturated rings. The lowest BCUT2D eigenvalue weighted by molar-refractivity contribution is 0.102. The lowest BCUT2D eigenvalue weighted by atomic mass is 10.1. The first-order valence-electron chi connectivity index (χ1n) is 7.38. The number of rotatable bonds is 5. The predicted molar refractivity (Wildman–Crippen MR) is 91.0 cm³/mol. The van der Waals surface area contributed by atoms with Gasteiger partial charge in [0.05, 0.1) is 10.5 Å². The van der Waals surface area contributed by atoms with Crippen LogP contribution in [0.1, 0.15) is 22.8 Å². The Labute approximate surface area is 141 Å². The number of carbonyl (C=O) groups excluding carboxylic acids is 1. The van der Waals surface area contributed by atoms with Gasteiger partial charge in [-0.25, -0.2) is 17.1 Å². The quantitative estimate of drug-likeness (QED) is 0.902. The molecule has 0 radical (unpaired) electrons. The normalized spacial score (nSPS) is 11.5. The van der Waals surface area contributed by atoms with Crippen molar-refractivity contribution in [1.29, 1.82) is 0 Å².